The summed E-state index contributed by atoms with van der Waals surface area (Å²) < 4.78 is 0. The molecule has 0 aromatic heterocycles. The fourth-order valence-electron chi connectivity index (χ4n) is 3.74. The lowest BCUT2D eigenvalue weighted by molar-refractivity contribution is -0.119. The Morgan fingerprint density at radius 3 is 2.54 bits per heavy atom. The van der Waals surface area contributed by atoms with E-state index in [1.807, 2.05) is 7.05 Å². The van der Waals surface area contributed by atoms with Crippen LogP contribution in [-0.4, -0.2) is 56.0 Å². The molecule has 3 rings (SSSR count). The van der Waals surface area contributed by atoms with Gasteiger partial charge in [-0.3, -0.25) is 14.7 Å². The molecule has 142 valence electrons. The maximum atomic E-state index is 11.0. The van der Waals surface area contributed by atoms with Crippen LogP contribution in [0.5, 0.6) is 0 Å². The van der Waals surface area contributed by atoms with Crippen LogP contribution in [0.2, 0.25) is 0 Å². The maximum Gasteiger partial charge on any atom is 0.231 e. The Hall–Kier alpha value is -2.08. The summed E-state index contributed by atoms with van der Waals surface area (Å²) in [6.45, 7) is 3.12. The number of primary amides is 1. The molecule has 0 spiro atoms. The number of carbonyl (C=O) groups excluding carboxylic acids is 1. The van der Waals surface area contributed by atoms with Gasteiger partial charge in [-0.2, -0.15) is 0 Å². The lowest BCUT2D eigenvalue weighted by Gasteiger charge is -2.32. The molecule has 6 nitrogen and oxygen atoms in total. The quantitative estimate of drug-likeness (QED) is 0.505. The monoisotopic (exact) mass is 357 g/mol. The number of piperidine rings is 1. The minimum atomic E-state index is -0.248. The number of hydrogen-bond acceptors (Lipinski definition) is 3. The van der Waals surface area contributed by atoms with Crippen molar-refractivity contribution in [1.29, 1.82) is 0 Å². The first kappa shape index (κ1) is 18.7. The molecule has 1 amide bonds. The third-order valence-electron chi connectivity index (χ3n) is 5.54. The average molecular weight is 358 g/mol. The molecule has 0 bridgehead atoms. The number of amides is 1. The highest BCUT2D eigenvalue weighted by Crippen LogP contribution is 2.47. The van der Waals surface area contributed by atoms with Crippen LogP contribution in [0.3, 0.4) is 0 Å². The minimum absolute atomic E-state index is 0.248. The second-order valence-electron chi connectivity index (χ2n) is 7.75. The van der Waals surface area contributed by atoms with Crippen molar-refractivity contribution >= 4 is 11.9 Å². The Kier molecular flexibility index (Phi) is 6.14. The molecule has 1 aromatic carbocycles. The summed E-state index contributed by atoms with van der Waals surface area (Å²) in [5, 5.41) is 7.07. The van der Waals surface area contributed by atoms with Gasteiger partial charge in [0.05, 0.1) is 6.54 Å². The van der Waals surface area contributed by atoms with Crippen LogP contribution in [0.4, 0.5) is 0 Å². The smallest absolute Gasteiger partial charge is 0.231 e. The highest BCUT2D eigenvalue weighted by atomic mass is 16.1. The summed E-state index contributed by atoms with van der Waals surface area (Å²) in [4.78, 5) is 17.5. The summed E-state index contributed by atoms with van der Waals surface area (Å²) in [6, 6.07) is 11.1. The van der Waals surface area contributed by atoms with Crippen molar-refractivity contribution in [2.45, 2.75) is 38.1 Å². The van der Waals surface area contributed by atoms with Crippen molar-refractivity contribution in [2.75, 3.05) is 33.2 Å². The van der Waals surface area contributed by atoms with E-state index in [4.69, 9.17) is 5.73 Å². The molecule has 2 fully saturated rings. The molecule has 0 radical (unpaired) electrons. The summed E-state index contributed by atoms with van der Waals surface area (Å²) >= 11 is 0. The molecule has 1 aliphatic carbocycles. The number of guanidine groups is 1. The molecule has 1 saturated heterocycles. The number of nitrogens with two attached hydrogens (primary N) is 1. The van der Waals surface area contributed by atoms with Crippen LogP contribution in [-0.2, 0) is 11.2 Å². The number of rotatable bonds is 7. The Morgan fingerprint density at radius 2 is 1.96 bits per heavy atom. The van der Waals surface area contributed by atoms with Gasteiger partial charge in [-0.15, -0.1) is 0 Å². The molecule has 6 heteroatoms. The summed E-state index contributed by atoms with van der Waals surface area (Å²) in [5.74, 6) is 0.639. The molecular weight excluding hydrogens is 326 g/mol. The SMILES string of the molecule is CN=C(NCC1(Cc2ccccc2)CC1)NC1CCN(CC(N)=O)CC1. The van der Waals surface area contributed by atoms with Crippen molar-refractivity contribution in [3.05, 3.63) is 35.9 Å². The Labute approximate surface area is 156 Å². The predicted molar refractivity (Wildman–Crippen MR) is 105 cm³/mol. The standard InChI is InChI=1S/C20H31N5O/c1-22-19(24-17-7-11-25(12-8-17)14-18(21)26)23-15-20(9-10-20)13-16-5-3-2-4-6-16/h2-6,17H,7-15H2,1H3,(H2,21,26)(H2,22,23,24). The van der Waals surface area contributed by atoms with Gasteiger partial charge < -0.3 is 16.4 Å². The molecule has 0 unspecified atom stereocenters. The van der Waals surface area contributed by atoms with Gasteiger partial charge in [0.2, 0.25) is 5.91 Å². The van der Waals surface area contributed by atoms with Crippen LogP contribution in [0.15, 0.2) is 35.3 Å². The molecule has 1 aliphatic heterocycles. The maximum absolute atomic E-state index is 11.0. The van der Waals surface area contributed by atoms with E-state index in [1.54, 1.807) is 0 Å². The predicted octanol–water partition coefficient (Wildman–Crippen LogP) is 1.12. The second-order valence-corrected chi connectivity index (χ2v) is 7.75. The summed E-state index contributed by atoms with van der Waals surface area (Å²) in [7, 11) is 1.83. The number of nitrogens with one attached hydrogen (secondary N) is 2. The Bertz CT molecular complexity index is 618. The molecular formula is C20H31N5O. The fraction of sp³-hybridized carbons (Fsp3) is 0.600. The zero-order chi connectivity index (χ0) is 18.4. The van der Waals surface area contributed by atoms with Crippen LogP contribution in [0, 0.1) is 5.41 Å². The third kappa shape index (κ3) is 5.46. The number of carbonyl (C=O) groups is 1. The Balaban J connectivity index is 1.42. The highest BCUT2D eigenvalue weighted by molar-refractivity contribution is 5.80. The van der Waals surface area contributed by atoms with Crippen molar-refractivity contribution in [2.24, 2.45) is 16.1 Å². The number of aliphatic imine (C=N–C) groups is 1. The van der Waals surface area contributed by atoms with E-state index in [-0.39, 0.29) is 5.91 Å². The Morgan fingerprint density at radius 1 is 1.27 bits per heavy atom. The fourth-order valence-corrected chi connectivity index (χ4v) is 3.74. The largest absolute Gasteiger partial charge is 0.369 e. The molecule has 26 heavy (non-hydrogen) atoms. The number of likely N-dealkylation sites (tertiary alicyclic amines) is 1. The van der Waals surface area contributed by atoms with E-state index in [2.05, 4.69) is 50.9 Å². The number of hydrogen-bond donors (Lipinski definition) is 3. The number of benzene rings is 1. The first-order valence-electron chi connectivity index (χ1n) is 9.60. The zero-order valence-corrected chi connectivity index (χ0v) is 15.7. The van der Waals surface area contributed by atoms with E-state index < -0.39 is 0 Å². The van der Waals surface area contributed by atoms with Gasteiger partial charge in [0, 0.05) is 32.7 Å². The van der Waals surface area contributed by atoms with Crippen LogP contribution in [0.1, 0.15) is 31.2 Å². The van der Waals surface area contributed by atoms with E-state index in [1.165, 1.54) is 18.4 Å². The average Bonchev–Trinajstić information content (AvgIpc) is 3.40. The molecule has 1 aromatic rings. The minimum Gasteiger partial charge on any atom is -0.369 e. The van der Waals surface area contributed by atoms with Gasteiger partial charge in [0.15, 0.2) is 5.96 Å². The first-order chi connectivity index (χ1) is 12.6. The van der Waals surface area contributed by atoms with E-state index in [9.17, 15) is 4.79 Å². The van der Waals surface area contributed by atoms with Crippen molar-refractivity contribution < 1.29 is 4.79 Å². The van der Waals surface area contributed by atoms with Gasteiger partial charge in [0.1, 0.15) is 0 Å². The second kappa shape index (κ2) is 8.54. The van der Waals surface area contributed by atoms with Gasteiger partial charge in [-0.05, 0) is 43.1 Å². The third-order valence-corrected chi connectivity index (χ3v) is 5.54. The van der Waals surface area contributed by atoms with Gasteiger partial charge in [-0.25, -0.2) is 0 Å². The van der Waals surface area contributed by atoms with Crippen LogP contribution in [0.25, 0.3) is 0 Å². The van der Waals surface area contributed by atoms with Gasteiger partial charge >= 0.3 is 0 Å². The zero-order valence-electron chi connectivity index (χ0n) is 15.7. The van der Waals surface area contributed by atoms with Crippen LogP contribution >= 0.6 is 0 Å². The highest BCUT2D eigenvalue weighted by Gasteiger charge is 2.42. The van der Waals surface area contributed by atoms with Crippen molar-refractivity contribution in [3.8, 4) is 0 Å². The molecule has 2 aliphatic rings. The van der Waals surface area contributed by atoms with Crippen molar-refractivity contribution in [3.63, 3.8) is 0 Å². The van der Waals surface area contributed by atoms with Crippen LogP contribution < -0.4 is 16.4 Å². The topological polar surface area (TPSA) is 82.8 Å². The molecule has 0 atom stereocenters. The molecule has 1 saturated carbocycles. The van der Waals surface area contributed by atoms with E-state index in [0.29, 0.717) is 18.0 Å². The summed E-state index contributed by atoms with van der Waals surface area (Å²) in [5.41, 5.74) is 7.07. The number of nitrogens with zero attached hydrogens (tertiary/aromatic N) is 2. The van der Waals surface area contributed by atoms with E-state index >= 15 is 0 Å². The lowest BCUT2D eigenvalue weighted by Crippen LogP contribution is -2.50. The lowest BCUT2D eigenvalue weighted by atomic mass is 9.96. The molecule has 4 N–H and O–H groups in total. The van der Waals surface area contributed by atoms with Gasteiger partial charge in [-0.1, -0.05) is 30.3 Å². The first-order valence-corrected chi connectivity index (χ1v) is 9.60. The molecule has 1 heterocycles. The van der Waals surface area contributed by atoms with E-state index in [0.717, 1.165) is 44.9 Å². The normalized spacial score (nSPS) is 20.6. The van der Waals surface area contributed by atoms with Gasteiger partial charge in [0.25, 0.3) is 0 Å². The summed E-state index contributed by atoms with van der Waals surface area (Å²) in [6.07, 6.45) is 5.68. The van der Waals surface area contributed by atoms with Crippen molar-refractivity contribution in [1.82, 2.24) is 15.5 Å².